The van der Waals surface area contributed by atoms with Gasteiger partial charge in [-0.25, -0.2) is 0 Å². The van der Waals surface area contributed by atoms with Crippen LogP contribution in [0, 0.1) is 0 Å². The Kier molecular flexibility index (Phi) is 4.77. The van der Waals surface area contributed by atoms with Crippen molar-refractivity contribution in [2.45, 2.75) is 12.5 Å². The van der Waals surface area contributed by atoms with E-state index >= 15 is 0 Å². The zero-order chi connectivity index (χ0) is 13.7. The highest BCUT2D eigenvalue weighted by Crippen LogP contribution is 2.24. The van der Waals surface area contributed by atoms with Crippen LogP contribution in [0.15, 0.2) is 42.7 Å². The summed E-state index contributed by atoms with van der Waals surface area (Å²) in [5, 5.41) is 4.08. The van der Waals surface area contributed by atoms with Gasteiger partial charge in [0.2, 0.25) is 0 Å². The van der Waals surface area contributed by atoms with Crippen molar-refractivity contribution >= 4 is 11.6 Å². The molecule has 0 saturated heterocycles. The number of halogens is 1. The Morgan fingerprint density at radius 2 is 2.11 bits per heavy atom. The molecule has 1 N–H and O–H groups in total. The minimum atomic E-state index is 0.155. The molecule has 0 spiro atoms. The summed E-state index contributed by atoms with van der Waals surface area (Å²) in [6.45, 7) is 0. The normalized spacial score (nSPS) is 12.2. The van der Waals surface area contributed by atoms with Gasteiger partial charge in [-0.05, 0) is 36.7 Å². The van der Waals surface area contributed by atoms with Gasteiger partial charge in [-0.1, -0.05) is 29.8 Å². The predicted molar refractivity (Wildman–Crippen MR) is 77.7 cm³/mol. The van der Waals surface area contributed by atoms with Crippen LogP contribution in [-0.4, -0.2) is 19.1 Å². The third-order valence-corrected chi connectivity index (χ3v) is 3.47. The highest BCUT2D eigenvalue weighted by molar-refractivity contribution is 6.31. The molecule has 1 unspecified atom stereocenters. The summed E-state index contributed by atoms with van der Waals surface area (Å²) in [6, 6.07) is 10.0. The summed E-state index contributed by atoms with van der Waals surface area (Å²) in [4.78, 5) is 4.19. The Morgan fingerprint density at radius 3 is 2.79 bits per heavy atom. The van der Waals surface area contributed by atoms with Crippen LogP contribution in [0.25, 0.3) is 0 Å². The van der Waals surface area contributed by atoms with Crippen molar-refractivity contribution in [2.24, 2.45) is 0 Å². The number of ether oxygens (including phenoxy) is 1. The third-order valence-electron chi connectivity index (χ3n) is 3.10. The first kappa shape index (κ1) is 13.8. The Bertz CT molecular complexity index is 545. The summed E-state index contributed by atoms with van der Waals surface area (Å²) in [7, 11) is 3.57. The van der Waals surface area contributed by atoms with E-state index in [2.05, 4.69) is 10.3 Å². The van der Waals surface area contributed by atoms with Crippen molar-refractivity contribution in [3.8, 4) is 5.75 Å². The lowest BCUT2D eigenvalue weighted by Crippen LogP contribution is -2.19. The molecule has 0 radical (unpaired) electrons. The van der Waals surface area contributed by atoms with E-state index < -0.39 is 0 Å². The molecular weight excluding hydrogens is 260 g/mol. The second kappa shape index (κ2) is 6.55. The van der Waals surface area contributed by atoms with E-state index in [9.17, 15) is 0 Å². The van der Waals surface area contributed by atoms with Gasteiger partial charge in [-0.2, -0.15) is 0 Å². The number of benzene rings is 1. The van der Waals surface area contributed by atoms with E-state index in [1.807, 2.05) is 43.6 Å². The smallest absolute Gasteiger partial charge is 0.137 e. The molecule has 2 aromatic rings. The second-order valence-electron chi connectivity index (χ2n) is 4.29. The Balaban J connectivity index is 2.22. The van der Waals surface area contributed by atoms with Crippen LogP contribution in [0.1, 0.15) is 17.2 Å². The molecule has 0 aliphatic rings. The van der Waals surface area contributed by atoms with Gasteiger partial charge in [0, 0.05) is 17.3 Å². The number of likely N-dealkylation sites (N-methyl/N-ethyl adjacent to an activating group) is 1. The first-order chi connectivity index (χ1) is 9.24. The average molecular weight is 277 g/mol. The van der Waals surface area contributed by atoms with Crippen molar-refractivity contribution < 1.29 is 4.74 Å². The number of nitrogens with one attached hydrogen (secondary N) is 1. The van der Waals surface area contributed by atoms with Gasteiger partial charge >= 0.3 is 0 Å². The lowest BCUT2D eigenvalue weighted by atomic mass is 10.0. The molecule has 0 fully saturated rings. The molecule has 2 rings (SSSR count). The molecule has 0 saturated carbocycles. The van der Waals surface area contributed by atoms with Crippen LogP contribution in [0.4, 0.5) is 0 Å². The predicted octanol–water partition coefficient (Wildman–Crippen LogP) is 3.25. The number of pyridine rings is 1. The van der Waals surface area contributed by atoms with E-state index in [0.717, 1.165) is 28.3 Å². The number of aromatic nitrogens is 1. The van der Waals surface area contributed by atoms with Crippen molar-refractivity contribution in [3.63, 3.8) is 0 Å². The van der Waals surface area contributed by atoms with Crippen LogP contribution in [0.5, 0.6) is 5.75 Å². The van der Waals surface area contributed by atoms with Crippen LogP contribution < -0.4 is 10.1 Å². The van der Waals surface area contributed by atoms with Crippen molar-refractivity contribution in [3.05, 3.63) is 58.9 Å². The molecule has 4 heteroatoms. The summed E-state index contributed by atoms with van der Waals surface area (Å²) in [5.74, 6) is 0.761. The van der Waals surface area contributed by atoms with Gasteiger partial charge in [-0.15, -0.1) is 0 Å². The molecular formula is C15H17ClN2O. The number of methoxy groups -OCH3 is 1. The fourth-order valence-corrected chi connectivity index (χ4v) is 2.22. The van der Waals surface area contributed by atoms with Gasteiger partial charge in [0.15, 0.2) is 0 Å². The first-order valence-electron chi connectivity index (χ1n) is 6.14. The SMILES string of the molecule is CNC(Cc1ccccc1Cl)c1cncc(OC)c1. The highest BCUT2D eigenvalue weighted by Gasteiger charge is 2.13. The summed E-state index contributed by atoms with van der Waals surface area (Å²) in [5.41, 5.74) is 2.20. The Labute approximate surface area is 118 Å². The Morgan fingerprint density at radius 1 is 1.32 bits per heavy atom. The maximum absolute atomic E-state index is 6.20. The van der Waals surface area contributed by atoms with Crippen molar-refractivity contribution in [2.75, 3.05) is 14.2 Å². The number of hydrogen-bond acceptors (Lipinski definition) is 3. The minimum absolute atomic E-state index is 0.155. The maximum Gasteiger partial charge on any atom is 0.137 e. The number of nitrogens with zero attached hydrogens (tertiary/aromatic N) is 1. The molecule has 100 valence electrons. The summed E-state index contributed by atoms with van der Waals surface area (Å²) in [6.07, 6.45) is 4.36. The van der Waals surface area contributed by atoms with E-state index in [-0.39, 0.29) is 6.04 Å². The summed E-state index contributed by atoms with van der Waals surface area (Å²) >= 11 is 6.20. The molecule has 1 aromatic carbocycles. The average Bonchev–Trinajstić information content (AvgIpc) is 2.46. The number of hydrogen-bond donors (Lipinski definition) is 1. The lowest BCUT2D eigenvalue weighted by molar-refractivity contribution is 0.411. The molecule has 1 heterocycles. The second-order valence-corrected chi connectivity index (χ2v) is 4.70. The largest absolute Gasteiger partial charge is 0.495 e. The monoisotopic (exact) mass is 276 g/mol. The van der Waals surface area contributed by atoms with Crippen LogP contribution in [0.2, 0.25) is 5.02 Å². The quantitative estimate of drug-likeness (QED) is 0.910. The topological polar surface area (TPSA) is 34.2 Å². The minimum Gasteiger partial charge on any atom is -0.495 e. The van der Waals surface area contributed by atoms with Crippen molar-refractivity contribution in [1.82, 2.24) is 10.3 Å². The molecule has 0 aliphatic heterocycles. The molecule has 19 heavy (non-hydrogen) atoms. The summed E-state index contributed by atoms with van der Waals surface area (Å²) < 4.78 is 5.21. The molecule has 1 aromatic heterocycles. The van der Waals surface area contributed by atoms with Crippen LogP contribution in [0.3, 0.4) is 0 Å². The fraction of sp³-hybridized carbons (Fsp3) is 0.267. The van der Waals surface area contributed by atoms with Gasteiger partial charge in [0.25, 0.3) is 0 Å². The zero-order valence-corrected chi connectivity index (χ0v) is 11.8. The highest BCUT2D eigenvalue weighted by atomic mass is 35.5. The lowest BCUT2D eigenvalue weighted by Gasteiger charge is -2.17. The van der Waals surface area contributed by atoms with E-state index in [1.54, 1.807) is 13.3 Å². The van der Waals surface area contributed by atoms with Gasteiger partial charge in [-0.3, -0.25) is 4.98 Å². The van der Waals surface area contributed by atoms with E-state index in [4.69, 9.17) is 16.3 Å². The standard InChI is InChI=1S/C15H17ClN2O/c1-17-15(8-11-5-3-4-6-14(11)16)12-7-13(19-2)10-18-9-12/h3-7,9-10,15,17H,8H2,1-2H3. The molecule has 3 nitrogen and oxygen atoms in total. The van der Waals surface area contributed by atoms with Gasteiger partial charge < -0.3 is 10.1 Å². The van der Waals surface area contributed by atoms with Crippen LogP contribution >= 0.6 is 11.6 Å². The van der Waals surface area contributed by atoms with E-state index in [0.29, 0.717) is 0 Å². The van der Waals surface area contributed by atoms with E-state index in [1.165, 1.54) is 0 Å². The molecule has 0 bridgehead atoms. The first-order valence-corrected chi connectivity index (χ1v) is 6.52. The molecule has 1 atom stereocenters. The van der Waals surface area contributed by atoms with Gasteiger partial charge in [0.1, 0.15) is 5.75 Å². The molecule has 0 amide bonds. The van der Waals surface area contributed by atoms with Crippen LogP contribution in [-0.2, 0) is 6.42 Å². The zero-order valence-electron chi connectivity index (χ0n) is 11.1. The van der Waals surface area contributed by atoms with Gasteiger partial charge in [0.05, 0.1) is 13.3 Å². The Hall–Kier alpha value is -1.58. The maximum atomic E-state index is 6.20. The number of rotatable bonds is 5. The van der Waals surface area contributed by atoms with Crippen molar-refractivity contribution in [1.29, 1.82) is 0 Å². The third kappa shape index (κ3) is 3.46. The molecule has 0 aliphatic carbocycles. The fourth-order valence-electron chi connectivity index (χ4n) is 2.01.